The molecule has 0 aliphatic carbocycles. The monoisotopic (exact) mass is 311 g/mol. The van der Waals surface area contributed by atoms with Crippen molar-refractivity contribution in [3.05, 3.63) is 38.9 Å². The van der Waals surface area contributed by atoms with Crippen molar-refractivity contribution in [2.45, 2.75) is 13.0 Å². The Morgan fingerprint density at radius 1 is 1.43 bits per heavy atom. The van der Waals surface area contributed by atoms with Crippen molar-refractivity contribution in [2.75, 3.05) is 27.2 Å². The van der Waals surface area contributed by atoms with E-state index < -0.39 is 4.92 Å². The maximum absolute atomic E-state index is 12.5. The second kappa shape index (κ2) is 5.99. The van der Waals surface area contributed by atoms with Gasteiger partial charge in [-0.25, -0.2) is 0 Å². The molecule has 0 N–H and O–H groups in total. The van der Waals surface area contributed by atoms with Gasteiger partial charge in [0.15, 0.2) is 0 Å². The Morgan fingerprint density at radius 3 is 2.57 bits per heavy atom. The van der Waals surface area contributed by atoms with Crippen molar-refractivity contribution in [2.24, 2.45) is 5.92 Å². The number of amides is 1. The Bertz CT molecular complexity index is 577. The van der Waals surface area contributed by atoms with Crippen molar-refractivity contribution < 1.29 is 9.72 Å². The molecule has 1 amide bonds. The van der Waals surface area contributed by atoms with Gasteiger partial charge in [0, 0.05) is 31.3 Å². The Kier molecular flexibility index (Phi) is 4.49. The number of nitro benzene ring substituents is 1. The summed E-state index contributed by atoms with van der Waals surface area (Å²) in [4.78, 5) is 26.5. The molecule has 1 aromatic carbocycles. The second-order valence-corrected chi connectivity index (χ2v) is 6.05. The van der Waals surface area contributed by atoms with Crippen LogP contribution in [0.1, 0.15) is 17.3 Å². The number of benzene rings is 1. The molecule has 2 unspecified atom stereocenters. The molecule has 114 valence electrons. The fraction of sp³-hybridized carbons (Fsp3) is 0.500. The first-order valence-electron chi connectivity index (χ1n) is 6.71. The van der Waals surface area contributed by atoms with E-state index in [9.17, 15) is 14.9 Å². The minimum Gasteiger partial charge on any atom is -0.337 e. The van der Waals surface area contributed by atoms with E-state index in [1.807, 2.05) is 14.1 Å². The first kappa shape index (κ1) is 15.7. The third-order valence-corrected chi connectivity index (χ3v) is 4.23. The largest absolute Gasteiger partial charge is 0.337 e. The molecule has 1 aliphatic heterocycles. The minimum atomic E-state index is -0.528. The highest BCUT2D eigenvalue weighted by molar-refractivity contribution is 6.34. The molecule has 0 radical (unpaired) electrons. The number of hydrogen-bond acceptors (Lipinski definition) is 4. The summed E-state index contributed by atoms with van der Waals surface area (Å²) in [6, 6.07) is 4.27. The number of nitro groups is 1. The zero-order valence-electron chi connectivity index (χ0n) is 12.2. The number of halogens is 1. The van der Waals surface area contributed by atoms with Gasteiger partial charge in [0.05, 0.1) is 15.5 Å². The van der Waals surface area contributed by atoms with E-state index in [2.05, 4.69) is 11.8 Å². The van der Waals surface area contributed by atoms with Gasteiger partial charge >= 0.3 is 0 Å². The van der Waals surface area contributed by atoms with Crippen LogP contribution in [-0.2, 0) is 0 Å². The first-order chi connectivity index (χ1) is 9.81. The maximum Gasteiger partial charge on any atom is 0.270 e. The average Bonchev–Trinajstić information content (AvgIpc) is 2.80. The van der Waals surface area contributed by atoms with Crippen molar-refractivity contribution >= 4 is 23.2 Å². The highest BCUT2D eigenvalue weighted by Crippen LogP contribution is 2.27. The Labute approximate surface area is 128 Å². The molecule has 2 atom stereocenters. The van der Waals surface area contributed by atoms with Crippen LogP contribution in [0.4, 0.5) is 5.69 Å². The van der Waals surface area contributed by atoms with E-state index in [4.69, 9.17) is 11.6 Å². The molecular formula is C14H18ClN3O3. The molecule has 2 rings (SSSR count). The number of rotatable bonds is 3. The van der Waals surface area contributed by atoms with E-state index in [1.54, 1.807) is 4.90 Å². The molecule has 0 aromatic heterocycles. The number of non-ortho nitro benzene ring substituents is 1. The highest BCUT2D eigenvalue weighted by atomic mass is 35.5. The van der Waals surface area contributed by atoms with Crippen molar-refractivity contribution in [1.29, 1.82) is 0 Å². The summed E-state index contributed by atoms with van der Waals surface area (Å²) in [6.07, 6.45) is 0. The van der Waals surface area contributed by atoms with Crippen molar-refractivity contribution in [3.8, 4) is 0 Å². The van der Waals surface area contributed by atoms with Gasteiger partial charge in [-0.15, -0.1) is 0 Å². The van der Waals surface area contributed by atoms with Gasteiger partial charge in [-0.1, -0.05) is 18.5 Å². The van der Waals surface area contributed by atoms with Gasteiger partial charge in [-0.3, -0.25) is 14.9 Å². The topological polar surface area (TPSA) is 66.7 Å². The summed E-state index contributed by atoms with van der Waals surface area (Å²) in [5.74, 6) is 0.201. The van der Waals surface area contributed by atoms with E-state index in [0.717, 1.165) is 0 Å². The summed E-state index contributed by atoms with van der Waals surface area (Å²) in [6.45, 7) is 3.41. The van der Waals surface area contributed by atoms with Crippen LogP contribution in [-0.4, -0.2) is 53.9 Å². The quantitative estimate of drug-likeness (QED) is 0.634. The molecular weight excluding hydrogens is 294 g/mol. The van der Waals surface area contributed by atoms with Crippen molar-refractivity contribution in [3.63, 3.8) is 0 Å². The molecule has 1 heterocycles. The summed E-state index contributed by atoms with van der Waals surface area (Å²) in [5, 5.41) is 10.8. The molecule has 1 saturated heterocycles. The van der Waals surface area contributed by atoms with Crippen molar-refractivity contribution in [1.82, 2.24) is 9.80 Å². The van der Waals surface area contributed by atoms with Gasteiger partial charge < -0.3 is 9.80 Å². The molecule has 1 aliphatic rings. The maximum atomic E-state index is 12.5. The van der Waals surface area contributed by atoms with Crippen LogP contribution in [0.3, 0.4) is 0 Å². The molecule has 1 fully saturated rings. The number of nitrogens with zero attached hydrogens (tertiary/aromatic N) is 3. The van der Waals surface area contributed by atoms with E-state index >= 15 is 0 Å². The number of carbonyl (C=O) groups excluding carboxylic acids is 1. The van der Waals surface area contributed by atoms with Gasteiger partial charge in [0.2, 0.25) is 0 Å². The Balaban J connectivity index is 2.20. The SMILES string of the molecule is CC1CN(C(=O)c2ccc([N+](=O)[O-])cc2Cl)CC1N(C)C. The lowest BCUT2D eigenvalue weighted by atomic mass is 10.1. The lowest BCUT2D eigenvalue weighted by Gasteiger charge is -2.22. The number of likely N-dealkylation sites (N-methyl/N-ethyl adjacent to an activating group) is 1. The van der Waals surface area contributed by atoms with E-state index in [-0.39, 0.29) is 16.6 Å². The van der Waals surface area contributed by atoms with Gasteiger partial charge in [0.1, 0.15) is 0 Å². The number of carbonyl (C=O) groups is 1. The molecule has 7 heteroatoms. The first-order valence-corrected chi connectivity index (χ1v) is 7.08. The molecule has 0 spiro atoms. The Hall–Kier alpha value is -1.66. The smallest absolute Gasteiger partial charge is 0.270 e. The third kappa shape index (κ3) is 3.16. The zero-order chi connectivity index (χ0) is 15.7. The summed E-state index contributed by atoms with van der Waals surface area (Å²) in [7, 11) is 3.99. The van der Waals surface area contributed by atoms with E-state index in [1.165, 1.54) is 18.2 Å². The Morgan fingerprint density at radius 2 is 2.10 bits per heavy atom. The zero-order valence-corrected chi connectivity index (χ0v) is 13.0. The van der Waals surface area contributed by atoms with Crippen LogP contribution >= 0.6 is 11.6 Å². The van der Waals surface area contributed by atoms with Crippen LogP contribution in [0, 0.1) is 16.0 Å². The van der Waals surface area contributed by atoms with Crippen LogP contribution in [0.2, 0.25) is 5.02 Å². The summed E-state index contributed by atoms with van der Waals surface area (Å²) >= 11 is 6.02. The van der Waals surface area contributed by atoms with Gasteiger partial charge in [-0.2, -0.15) is 0 Å². The highest BCUT2D eigenvalue weighted by Gasteiger charge is 2.34. The normalized spacial score (nSPS) is 21.9. The minimum absolute atomic E-state index is 0.113. The predicted molar refractivity (Wildman–Crippen MR) is 80.6 cm³/mol. The molecule has 0 saturated carbocycles. The standard InChI is InChI=1S/C14H18ClN3O3/c1-9-7-17(8-13(9)16(2)3)14(19)11-5-4-10(18(20)21)6-12(11)15/h4-6,9,13H,7-8H2,1-3H3. The second-order valence-electron chi connectivity index (χ2n) is 5.64. The lowest BCUT2D eigenvalue weighted by Crippen LogP contribution is -2.35. The molecule has 21 heavy (non-hydrogen) atoms. The number of hydrogen-bond donors (Lipinski definition) is 0. The van der Waals surface area contributed by atoms with Crippen LogP contribution < -0.4 is 0 Å². The number of likely N-dealkylation sites (tertiary alicyclic amines) is 1. The van der Waals surface area contributed by atoms with Gasteiger partial charge in [0.25, 0.3) is 11.6 Å². The lowest BCUT2D eigenvalue weighted by molar-refractivity contribution is -0.384. The average molecular weight is 312 g/mol. The molecule has 6 nitrogen and oxygen atoms in total. The summed E-state index contributed by atoms with van der Waals surface area (Å²) in [5.41, 5.74) is 0.200. The predicted octanol–water partition coefficient (Wildman–Crippen LogP) is 2.27. The van der Waals surface area contributed by atoms with Crippen LogP contribution in [0.25, 0.3) is 0 Å². The van der Waals surface area contributed by atoms with Gasteiger partial charge in [-0.05, 0) is 26.1 Å². The van der Waals surface area contributed by atoms with Crippen LogP contribution in [0.5, 0.6) is 0 Å². The molecule has 0 bridgehead atoms. The fourth-order valence-electron chi connectivity index (χ4n) is 2.75. The summed E-state index contributed by atoms with van der Waals surface area (Å²) < 4.78 is 0. The molecule has 1 aromatic rings. The third-order valence-electron chi connectivity index (χ3n) is 3.92. The van der Waals surface area contributed by atoms with Crippen LogP contribution in [0.15, 0.2) is 18.2 Å². The fourth-order valence-corrected chi connectivity index (χ4v) is 3.00. The van der Waals surface area contributed by atoms with E-state index in [0.29, 0.717) is 30.6 Å².